The second kappa shape index (κ2) is 8.80. The highest BCUT2D eigenvalue weighted by atomic mass is 35.5. The molecule has 14 heteroatoms. The molecule has 1 fully saturated rings. The molecule has 4 rings (SSSR count). The standard InChI is InChI=1S/C20H21ClF3N7O3/c1-28-15-16(29(2)19(34)27-17(15)33)26-18(28)31-7-5-30(6-8-31)10-14(32)25-11-3-4-13(21)12(9-11)20(22,23)24/h3-4,9H,5-8,10H2,1-2H3,(H,25,32)(H,27,33,34). The number of imidazole rings is 1. The molecule has 1 aliphatic rings. The Morgan fingerprint density at radius 2 is 1.82 bits per heavy atom. The molecule has 1 aliphatic heterocycles. The maximum atomic E-state index is 13.0. The number of hydrogen-bond donors (Lipinski definition) is 2. The number of benzene rings is 1. The summed E-state index contributed by atoms with van der Waals surface area (Å²) in [4.78, 5) is 47.0. The van der Waals surface area contributed by atoms with E-state index in [4.69, 9.17) is 11.6 Å². The first-order valence-electron chi connectivity index (χ1n) is 10.3. The van der Waals surface area contributed by atoms with Gasteiger partial charge in [-0.3, -0.25) is 24.0 Å². The van der Waals surface area contributed by atoms with E-state index in [-0.39, 0.29) is 23.4 Å². The normalized spacial score (nSPS) is 15.2. The van der Waals surface area contributed by atoms with Crippen LogP contribution >= 0.6 is 11.6 Å². The Labute approximate surface area is 195 Å². The lowest BCUT2D eigenvalue weighted by Crippen LogP contribution is -2.49. The van der Waals surface area contributed by atoms with E-state index in [0.717, 1.165) is 12.1 Å². The topological polar surface area (TPSA) is 108 Å². The summed E-state index contributed by atoms with van der Waals surface area (Å²) in [6, 6.07) is 3.21. The third kappa shape index (κ3) is 4.53. The minimum Gasteiger partial charge on any atom is -0.340 e. The number of aromatic nitrogens is 4. The summed E-state index contributed by atoms with van der Waals surface area (Å²) < 4.78 is 42.0. The lowest BCUT2D eigenvalue weighted by atomic mass is 10.2. The number of hydrogen-bond acceptors (Lipinski definition) is 6. The van der Waals surface area contributed by atoms with Gasteiger partial charge in [0.1, 0.15) is 0 Å². The molecule has 0 saturated carbocycles. The van der Waals surface area contributed by atoms with Gasteiger partial charge in [-0.15, -0.1) is 0 Å². The number of rotatable bonds is 4. The fourth-order valence-corrected chi connectivity index (χ4v) is 4.13. The van der Waals surface area contributed by atoms with Gasteiger partial charge in [-0.2, -0.15) is 18.2 Å². The molecule has 0 aliphatic carbocycles. The molecule has 1 saturated heterocycles. The van der Waals surface area contributed by atoms with Crippen molar-refractivity contribution >= 4 is 40.3 Å². The van der Waals surface area contributed by atoms with Gasteiger partial charge in [0.05, 0.1) is 17.1 Å². The molecule has 3 aromatic rings. The number of carbonyl (C=O) groups excluding carboxylic acids is 1. The second-order valence-corrected chi connectivity index (χ2v) is 8.37. The van der Waals surface area contributed by atoms with Crippen molar-refractivity contribution in [2.24, 2.45) is 14.1 Å². The fraction of sp³-hybridized carbons (Fsp3) is 0.400. The molecule has 0 unspecified atom stereocenters. The zero-order valence-electron chi connectivity index (χ0n) is 18.2. The van der Waals surface area contributed by atoms with E-state index in [0.29, 0.717) is 32.1 Å². The summed E-state index contributed by atoms with van der Waals surface area (Å²) in [6.07, 6.45) is -4.62. The Hall–Kier alpha value is -3.32. The van der Waals surface area contributed by atoms with Crippen molar-refractivity contribution < 1.29 is 18.0 Å². The molecule has 0 atom stereocenters. The van der Waals surface area contributed by atoms with Crippen LogP contribution in [-0.2, 0) is 25.1 Å². The predicted molar refractivity (Wildman–Crippen MR) is 120 cm³/mol. The van der Waals surface area contributed by atoms with Crippen molar-refractivity contribution in [3.63, 3.8) is 0 Å². The Morgan fingerprint density at radius 1 is 1.15 bits per heavy atom. The fourth-order valence-electron chi connectivity index (χ4n) is 3.91. The largest absolute Gasteiger partial charge is 0.417 e. The molecule has 0 bridgehead atoms. The van der Waals surface area contributed by atoms with Crippen LogP contribution in [-0.4, -0.2) is 62.6 Å². The average Bonchev–Trinajstić information content (AvgIpc) is 3.11. The minimum absolute atomic E-state index is 0.00543. The van der Waals surface area contributed by atoms with Crippen LogP contribution in [0.1, 0.15) is 5.56 Å². The molecule has 0 spiro atoms. The van der Waals surface area contributed by atoms with E-state index >= 15 is 0 Å². The highest BCUT2D eigenvalue weighted by molar-refractivity contribution is 6.31. The molecule has 0 radical (unpaired) electrons. The third-order valence-electron chi connectivity index (χ3n) is 5.69. The summed E-state index contributed by atoms with van der Waals surface area (Å²) in [7, 11) is 3.21. The summed E-state index contributed by atoms with van der Waals surface area (Å²) in [5, 5.41) is 2.04. The van der Waals surface area contributed by atoms with Crippen LogP contribution in [0.5, 0.6) is 0 Å². The maximum absolute atomic E-state index is 13.0. The molecular formula is C20H21ClF3N7O3. The summed E-state index contributed by atoms with van der Waals surface area (Å²) in [6.45, 7) is 1.96. The number of aryl methyl sites for hydroxylation is 2. The van der Waals surface area contributed by atoms with Crippen molar-refractivity contribution in [2.45, 2.75) is 6.18 Å². The molecule has 1 aromatic carbocycles. The first kappa shape index (κ1) is 23.8. The molecule has 3 heterocycles. The average molecular weight is 500 g/mol. The highest BCUT2D eigenvalue weighted by Crippen LogP contribution is 2.36. The number of nitrogens with one attached hydrogen (secondary N) is 2. The zero-order chi connectivity index (χ0) is 24.8. The van der Waals surface area contributed by atoms with Crippen LogP contribution in [0.2, 0.25) is 5.02 Å². The molecule has 182 valence electrons. The number of amides is 1. The number of H-pyrrole nitrogens is 1. The van der Waals surface area contributed by atoms with E-state index in [1.807, 2.05) is 9.80 Å². The van der Waals surface area contributed by atoms with E-state index < -0.39 is 33.9 Å². The van der Waals surface area contributed by atoms with Gasteiger partial charge in [0.25, 0.3) is 5.56 Å². The van der Waals surface area contributed by atoms with Gasteiger partial charge in [-0.25, -0.2) is 4.79 Å². The number of piperazine rings is 1. The van der Waals surface area contributed by atoms with Gasteiger partial charge in [0, 0.05) is 46.0 Å². The second-order valence-electron chi connectivity index (χ2n) is 7.97. The predicted octanol–water partition coefficient (Wildman–Crippen LogP) is 1.39. The number of fused-ring (bicyclic) bond motifs is 1. The first-order chi connectivity index (χ1) is 16.0. The van der Waals surface area contributed by atoms with Crippen LogP contribution in [0.25, 0.3) is 11.2 Å². The lowest BCUT2D eigenvalue weighted by molar-refractivity contribution is -0.137. The van der Waals surface area contributed by atoms with Crippen molar-refractivity contribution in [2.75, 3.05) is 42.9 Å². The van der Waals surface area contributed by atoms with Crippen molar-refractivity contribution in [1.82, 2.24) is 24.0 Å². The summed E-state index contributed by atoms with van der Waals surface area (Å²) in [5.74, 6) is 0.0693. The maximum Gasteiger partial charge on any atom is 0.417 e. The quantitative estimate of drug-likeness (QED) is 0.562. The van der Waals surface area contributed by atoms with Gasteiger partial charge in [0.2, 0.25) is 11.9 Å². The van der Waals surface area contributed by atoms with Crippen molar-refractivity contribution in [3.8, 4) is 0 Å². The molecule has 10 nitrogen and oxygen atoms in total. The number of aromatic amines is 1. The Bertz CT molecular complexity index is 1370. The first-order valence-corrected chi connectivity index (χ1v) is 10.6. The lowest BCUT2D eigenvalue weighted by Gasteiger charge is -2.34. The molecule has 2 aromatic heterocycles. The highest BCUT2D eigenvalue weighted by Gasteiger charge is 2.33. The van der Waals surface area contributed by atoms with Crippen molar-refractivity contribution in [3.05, 3.63) is 49.6 Å². The minimum atomic E-state index is -4.62. The molecular weight excluding hydrogens is 479 g/mol. The van der Waals surface area contributed by atoms with Gasteiger partial charge in [-0.1, -0.05) is 11.6 Å². The third-order valence-corrected chi connectivity index (χ3v) is 6.02. The number of nitrogens with zero attached hydrogens (tertiary/aromatic N) is 5. The SMILES string of the molecule is Cn1c(N2CCN(CC(=O)Nc3ccc(Cl)c(C(F)(F)F)c3)CC2)nc2c1c(=O)[nH]c(=O)n2C. The summed E-state index contributed by atoms with van der Waals surface area (Å²) in [5.41, 5.74) is -1.53. The Balaban J connectivity index is 1.40. The number of alkyl halides is 3. The van der Waals surface area contributed by atoms with Gasteiger partial charge in [-0.05, 0) is 18.2 Å². The Morgan fingerprint density at radius 3 is 2.47 bits per heavy atom. The smallest absolute Gasteiger partial charge is 0.340 e. The van der Waals surface area contributed by atoms with Gasteiger partial charge < -0.3 is 14.8 Å². The van der Waals surface area contributed by atoms with Gasteiger partial charge >= 0.3 is 11.9 Å². The van der Waals surface area contributed by atoms with Crippen LogP contribution in [0.3, 0.4) is 0 Å². The van der Waals surface area contributed by atoms with Crippen molar-refractivity contribution in [1.29, 1.82) is 0 Å². The Kier molecular flexibility index (Phi) is 6.16. The van der Waals surface area contributed by atoms with E-state index in [1.165, 1.54) is 17.7 Å². The number of halogens is 4. The monoisotopic (exact) mass is 499 g/mol. The zero-order valence-corrected chi connectivity index (χ0v) is 19.0. The van der Waals surface area contributed by atoms with Gasteiger partial charge in [0.15, 0.2) is 11.2 Å². The summed E-state index contributed by atoms with van der Waals surface area (Å²) >= 11 is 5.61. The molecule has 34 heavy (non-hydrogen) atoms. The number of carbonyl (C=O) groups is 1. The van der Waals surface area contributed by atoms with Crippen LogP contribution in [0.4, 0.5) is 24.8 Å². The van der Waals surface area contributed by atoms with Crippen LogP contribution in [0.15, 0.2) is 27.8 Å². The van der Waals surface area contributed by atoms with E-state index in [1.54, 1.807) is 11.6 Å². The number of anilines is 2. The molecule has 2 N–H and O–H groups in total. The molecule has 1 amide bonds. The van der Waals surface area contributed by atoms with E-state index in [2.05, 4.69) is 15.3 Å². The van der Waals surface area contributed by atoms with E-state index in [9.17, 15) is 27.6 Å². The van der Waals surface area contributed by atoms with Crippen LogP contribution in [0, 0.1) is 0 Å². The van der Waals surface area contributed by atoms with Crippen LogP contribution < -0.4 is 21.5 Å².